The molecule has 62 valence electrons. The Kier molecular flexibility index (Phi) is 2.61. The summed E-state index contributed by atoms with van der Waals surface area (Å²) in [7, 11) is 0. The molecule has 0 saturated carbocycles. The minimum Gasteiger partial charge on any atom is -0.236 e. The minimum atomic E-state index is 0.896. The highest BCUT2D eigenvalue weighted by Crippen LogP contribution is 2.24. The third kappa shape index (κ3) is 1.53. The predicted octanol–water partition coefficient (Wildman–Crippen LogP) is 3.46. The maximum absolute atomic E-state index is 4.33. The van der Waals surface area contributed by atoms with Gasteiger partial charge in [-0.1, -0.05) is 19.7 Å². The predicted molar refractivity (Wildman–Crippen MR) is 57.0 cm³/mol. The number of allylic oxidation sites excluding steroid dienone is 1. The van der Waals surface area contributed by atoms with Crippen molar-refractivity contribution in [3.05, 3.63) is 35.3 Å². The second kappa shape index (κ2) is 3.50. The van der Waals surface area contributed by atoms with Crippen LogP contribution in [0, 0.1) is 0 Å². The fraction of sp³-hybridized carbons (Fsp3) is 0.100. The van der Waals surface area contributed by atoms with Crippen LogP contribution in [0.3, 0.4) is 0 Å². The molecule has 0 radical (unpaired) electrons. The standard InChI is InChI=1S/C10H11NS/c1-5-8-9(6-2)12-10(11-8)7(3)4/h5-6H,1-3H2,4H3. The Morgan fingerprint density at radius 2 is 2.08 bits per heavy atom. The van der Waals surface area contributed by atoms with E-state index in [-0.39, 0.29) is 0 Å². The van der Waals surface area contributed by atoms with E-state index < -0.39 is 0 Å². The molecule has 1 aromatic heterocycles. The molecule has 0 spiro atoms. The molecule has 12 heavy (non-hydrogen) atoms. The lowest BCUT2D eigenvalue weighted by Gasteiger charge is -1.86. The van der Waals surface area contributed by atoms with Crippen LogP contribution in [0.2, 0.25) is 0 Å². The molecule has 2 heteroatoms. The van der Waals surface area contributed by atoms with Crippen LogP contribution < -0.4 is 0 Å². The smallest absolute Gasteiger partial charge is 0.119 e. The van der Waals surface area contributed by atoms with Crippen molar-refractivity contribution in [1.82, 2.24) is 4.98 Å². The molecule has 0 aliphatic rings. The van der Waals surface area contributed by atoms with E-state index >= 15 is 0 Å². The zero-order chi connectivity index (χ0) is 9.14. The number of thiazole rings is 1. The van der Waals surface area contributed by atoms with Crippen molar-refractivity contribution in [2.45, 2.75) is 6.92 Å². The summed E-state index contributed by atoms with van der Waals surface area (Å²) >= 11 is 1.59. The van der Waals surface area contributed by atoms with Gasteiger partial charge in [-0.2, -0.15) is 0 Å². The van der Waals surface area contributed by atoms with Crippen molar-refractivity contribution in [2.24, 2.45) is 0 Å². The fourth-order valence-corrected chi connectivity index (χ4v) is 1.66. The van der Waals surface area contributed by atoms with E-state index in [1.54, 1.807) is 23.5 Å². The lowest BCUT2D eigenvalue weighted by molar-refractivity contribution is 1.33. The number of rotatable bonds is 3. The molecule has 0 saturated heterocycles. The van der Waals surface area contributed by atoms with Crippen molar-refractivity contribution in [3.8, 4) is 0 Å². The molecule has 0 N–H and O–H groups in total. The van der Waals surface area contributed by atoms with Crippen LogP contribution in [0.5, 0.6) is 0 Å². The van der Waals surface area contributed by atoms with E-state index in [0.29, 0.717) is 0 Å². The van der Waals surface area contributed by atoms with Gasteiger partial charge in [0.25, 0.3) is 0 Å². The molecule has 0 fully saturated rings. The van der Waals surface area contributed by atoms with Crippen molar-refractivity contribution in [2.75, 3.05) is 0 Å². The molecule has 1 heterocycles. The van der Waals surface area contributed by atoms with Crippen LogP contribution in [0.1, 0.15) is 22.5 Å². The fourth-order valence-electron chi connectivity index (χ4n) is 0.819. The molecule has 0 unspecified atom stereocenters. The van der Waals surface area contributed by atoms with Gasteiger partial charge in [-0.15, -0.1) is 11.3 Å². The molecule has 1 rings (SSSR count). The van der Waals surface area contributed by atoms with Crippen LogP contribution >= 0.6 is 11.3 Å². The van der Waals surface area contributed by atoms with Crippen LogP contribution in [-0.4, -0.2) is 4.98 Å². The lowest BCUT2D eigenvalue weighted by atomic mass is 10.3. The second-order valence-corrected chi connectivity index (χ2v) is 3.49. The Morgan fingerprint density at radius 1 is 1.42 bits per heavy atom. The van der Waals surface area contributed by atoms with Crippen LogP contribution in [-0.2, 0) is 0 Å². The third-order valence-corrected chi connectivity index (χ3v) is 2.65. The highest BCUT2D eigenvalue weighted by atomic mass is 32.1. The Labute approximate surface area is 76.8 Å². The first kappa shape index (κ1) is 8.94. The molecule has 0 aliphatic heterocycles. The maximum Gasteiger partial charge on any atom is 0.119 e. The summed E-state index contributed by atoms with van der Waals surface area (Å²) in [6.07, 6.45) is 3.53. The Hall–Kier alpha value is -1.15. The van der Waals surface area contributed by atoms with Crippen LogP contribution in [0.25, 0.3) is 17.7 Å². The zero-order valence-electron chi connectivity index (χ0n) is 7.13. The van der Waals surface area contributed by atoms with Gasteiger partial charge in [0.1, 0.15) is 5.01 Å². The molecule has 0 aliphatic carbocycles. The molecule has 1 aromatic rings. The van der Waals surface area contributed by atoms with Gasteiger partial charge in [-0.05, 0) is 24.6 Å². The average molecular weight is 177 g/mol. The first-order chi connectivity index (χ1) is 5.69. The molecule has 0 atom stereocenters. The van der Waals surface area contributed by atoms with Gasteiger partial charge in [-0.3, -0.25) is 0 Å². The monoisotopic (exact) mass is 177 g/mol. The second-order valence-electron chi connectivity index (χ2n) is 2.46. The van der Waals surface area contributed by atoms with Gasteiger partial charge >= 0.3 is 0 Å². The van der Waals surface area contributed by atoms with E-state index in [4.69, 9.17) is 0 Å². The molecule has 1 nitrogen and oxygen atoms in total. The van der Waals surface area contributed by atoms with Crippen molar-refractivity contribution in [3.63, 3.8) is 0 Å². The van der Waals surface area contributed by atoms with Crippen molar-refractivity contribution < 1.29 is 0 Å². The number of aromatic nitrogens is 1. The summed E-state index contributed by atoms with van der Waals surface area (Å²) in [4.78, 5) is 5.39. The van der Waals surface area contributed by atoms with Gasteiger partial charge in [0.2, 0.25) is 0 Å². The van der Waals surface area contributed by atoms with E-state index in [1.807, 2.05) is 6.92 Å². The van der Waals surface area contributed by atoms with E-state index in [9.17, 15) is 0 Å². The highest BCUT2D eigenvalue weighted by Gasteiger charge is 2.05. The molecule has 0 amide bonds. The summed E-state index contributed by atoms with van der Waals surface area (Å²) < 4.78 is 0. The molecular formula is C10H11NS. The van der Waals surface area contributed by atoms with Gasteiger partial charge in [0, 0.05) is 0 Å². The molecular weight excluding hydrogens is 166 g/mol. The van der Waals surface area contributed by atoms with Crippen LogP contribution in [0.4, 0.5) is 0 Å². The van der Waals surface area contributed by atoms with E-state index in [1.165, 1.54) is 0 Å². The number of hydrogen-bond acceptors (Lipinski definition) is 2. The van der Waals surface area contributed by atoms with E-state index in [0.717, 1.165) is 21.2 Å². The normalized spacial score (nSPS) is 9.42. The topological polar surface area (TPSA) is 12.9 Å². The summed E-state index contributed by atoms with van der Waals surface area (Å²) in [5, 5.41) is 0.958. The van der Waals surface area contributed by atoms with Gasteiger partial charge in [0.15, 0.2) is 0 Å². The average Bonchev–Trinajstić information content (AvgIpc) is 2.46. The minimum absolute atomic E-state index is 0.896. The summed E-state index contributed by atoms with van der Waals surface area (Å²) in [5.74, 6) is 0. The quantitative estimate of drug-likeness (QED) is 0.689. The lowest BCUT2D eigenvalue weighted by Crippen LogP contribution is -1.76. The molecule has 0 bridgehead atoms. The molecule has 0 aromatic carbocycles. The van der Waals surface area contributed by atoms with Gasteiger partial charge in [-0.25, -0.2) is 4.98 Å². The Bertz CT molecular complexity index is 308. The largest absolute Gasteiger partial charge is 0.236 e. The number of hydrogen-bond donors (Lipinski definition) is 0. The zero-order valence-corrected chi connectivity index (χ0v) is 7.95. The van der Waals surface area contributed by atoms with E-state index in [2.05, 4.69) is 24.7 Å². The Morgan fingerprint density at radius 3 is 2.42 bits per heavy atom. The third-order valence-electron chi connectivity index (χ3n) is 1.42. The first-order valence-electron chi connectivity index (χ1n) is 3.60. The highest BCUT2D eigenvalue weighted by molar-refractivity contribution is 7.13. The maximum atomic E-state index is 4.33. The first-order valence-corrected chi connectivity index (χ1v) is 4.42. The van der Waals surface area contributed by atoms with Crippen LogP contribution in [0.15, 0.2) is 19.7 Å². The van der Waals surface area contributed by atoms with Crippen molar-refractivity contribution in [1.29, 1.82) is 0 Å². The van der Waals surface area contributed by atoms with Crippen molar-refractivity contribution >= 4 is 29.1 Å². The summed E-state index contributed by atoms with van der Waals surface area (Å²) in [6.45, 7) is 13.2. The van der Waals surface area contributed by atoms with Gasteiger partial charge < -0.3 is 0 Å². The summed E-state index contributed by atoms with van der Waals surface area (Å²) in [5.41, 5.74) is 1.88. The SMILES string of the molecule is C=Cc1nc(C(=C)C)sc1C=C. The van der Waals surface area contributed by atoms with Gasteiger partial charge in [0.05, 0.1) is 10.6 Å². The Balaban J connectivity index is 3.22. The number of nitrogens with zero attached hydrogens (tertiary/aromatic N) is 1. The summed E-state index contributed by atoms with van der Waals surface area (Å²) in [6, 6.07) is 0.